The molecule has 1 atom stereocenters. The van der Waals surface area contributed by atoms with Crippen LogP contribution in [-0.4, -0.2) is 47.4 Å². The van der Waals surface area contributed by atoms with Crippen molar-refractivity contribution in [1.82, 2.24) is 15.2 Å². The van der Waals surface area contributed by atoms with Crippen LogP contribution in [0, 0.1) is 5.92 Å². The van der Waals surface area contributed by atoms with Crippen LogP contribution in [0.1, 0.15) is 41.4 Å². The minimum absolute atomic E-state index is 0.0343. The Balaban J connectivity index is 1.51. The average molecular weight is 480 g/mol. The second kappa shape index (κ2) is 9.60. The van der Waals surface area contributed by atoms with Crippen molar-refractivity contribution < 1.29 is 18.0 Å². The third-order valence-electron chi connectivity index (χ3n) is 5.68. The fourth-order valence-corrected chi connectivity index (χ4v) is 4.39. The molecule has 0 fully saturated rings. The Morgan fingerprint density at radius 2 is 1.82 bits per heavy atom. The van der Waals surface area contributed by atoms with Crippen molar-refractivity contribution in [2.24, 2.45) is 11.0 Å². The number of hydrazone groups is 1. The minimum atomic E-state index is -3.29. The van der Waals surface area contributed by atoms with Crippen LogP contribution in [0.3, 0.4) is 0 Å². The highest BCUT2D eigenvalue weighted by molar-refractivity contribution is 7.90. The van der Waals surface area contributed by atoms with Crippen LogP contribution in [0.15, 0.2) is 70.8 Å². The zero-order chi connectivity index (χ0) is 24.3. The van der Waals surface area contributed by atoms with Crippen molar-refractivity contribution in [2.45, 2.75) is 31.2 Å². The Morgan fingerprint density at radius 1 is 1.12 bits per heavy atom. The summed E-state index contributed by atoms with van der Waals surface area (Å²) in [5.41, 5.74) is 3.41. The highest BCUT2D eigenvalue weighted by Crippen LogP contribution is 2.26. The summed E-state index contributed by atoms with van der Waals surface area (Å²) in [6.07, 6.45) is 3.76. The van der Waals surface area contributed by atoms with Crippen molar-refractivity contribution in [2.75, 3.05) is 11.6 Å². The first-order valence-electron chi connectivity index (χ1n) is 10.8. The van der Waals surface area contributed by atoms with E-state index in [4.69, 9.17) is 0 Å². The first-order chi connectivity index (χ1) is 16.2. The van der Waals surface area contributed by atoms with E-state index in [9.17, 15) is 18.0 Å². The molecule has 0 saturated heterocycles. The number of nitrogens with zero attached hydrogens (tertiary/aromatic N) is 3. The third kappa shape index (κ3) is 5.23. The maximum atomic E-state index is 12.7. The van der Waals surface area contributed by atoms with Gasteiger partial charge < -0.3 is 5.32 Å². The van der Waals surface area contributed by atoms with E-state index in [1.54, 1.807) is 42.5 Å². The number of hydrogen-bond acceptors (Lipinski definition) is 6. The molecule has 9 nitrogen and oxygen atoms in total. The van der Waals surface area contributed by atoms with Gasteiger partial charge in [0.2, 0.25) is 5.91 Å². The fourth-order valence-electron chi connectivity index (χ4n) is 3.76. The van der Waals surface area contributed by atoms with Gasteiger partial charge in [-0.25, -0.2) is 13.4 Å². The van der Waals surface area contributed by atoms with Crippen molar-refractivity contribution >= 4 is 33.1 Å². The van der Waals surface area contributed by atoms with Crippen molar-refractivity contribution in [1.29, 1.82) is 0 Å². The number of rotatable bonds is 7. The summed E-state index contributed by atoms with van der Waals surface area (Å²) in [5, 5.41) is 15.3. The Morgan fingerprint density at radius 3 is 2.41 bits per heavy atom. The highest BCUT2D eigenvalue weighted by Gasteiger charge is 2.29. The number of anilines is 1. The van der Waals surface area contributed by atoms with E-state index in [0.717, 1.165) is 23.3 Å². The fraction of sp³-hybridized carbons (Fsp3) is 0.250. The average Bonchev–Trinajstić information content (AvgIpc) is 3.36. The molecule has 3 aromatic rings. The summed E-state index contributed by atoms with van der Waals surface area (Å²) in [7, 11) is -3.29. The molecule has 34 heavy (non-hydrogen) atoms. The second-order valence-electron chi connectivity index (χ2n) is 8.16. The van der Waals surface area contributed by atoms with Crippen molar-refractivity contribution in [3.63, 3.8) is 0 Å². The molecule has 10 heteroatoms. The third-order valence-corrected chi connectivity index (χ3v) is 6.81. The number of carbonyl (C=O) groups excluding carboxylic acids is 2. The molecule has 0 radical (unpaired) electrons. The standard InChI is InChI=1S/C24H25N5O4S/c1-3-17-14-22(30)29(28-23(17)18-6-10-20(11-7-18)34(2,32)33)15-16-4-8-19(9-5-16)26-24(31)21-12-13-25-27-21/h4-13,17H,3,14-15H2,1-2H3,(H,25,27)(H,26,31). The lowest BCUT2D eigenvalue weighted by Crippen LogP contribution is -2.36. The molecule has 2 amide bonds. The molecule has 4 rings (SSSR count). The number of hydrogen-bond donors (Lipinski definition) is 2. The number of aromatic amines is 1. The summed E-state index contributed by atoms with van der Waals surface area (Å²) in [6.45, 7) is 2.29. The molecule has 1 aliphatic heterocycles. The summed E-state index contributed by atoms with van der Waals surface area (Å²) < 4.78 is 23.5. The summed E-state index contributed by atoms with van der Waals surface area (Å²) in [5.74, 6) is -0.397. The van der Waals surface area contributed by atoms with Gasteiger partial charge in [0.15, 0.2) is 9.84 Å². The lowest BCUT2D eigenvalue weighted by atomic mass is 9.90. The SMILES string of the molecule is CCC1CC(=O)N(Cc2ccc(NC(=O)c3ccn[nH]3)cc2)N=C1c1ccc(S(C)(=O)=O)cc1. The van der Waals surface area contributed by atoms with E-state index < -0.39 is 9.84 Å². The van der Waals surface area contributed by atoms with Crippen LogP contribution < -0.4 is 5.32 Å². The smallest absolute Gasteiger partial charge is 0.273 e. The normalized spacial score (nSPS) is 16.3. The summed E-state index contributed by atoms with van der Waals surface area (Å²) in [6, 6.07) is 15.4. The zero-order valence-corrected chi connectivity index (χ0v) is 19.7. The maximum Gasteiger partial charge on any atom is 0.273 e. The molecule has 0 saturated carbocycles. The Kier molecular flexibility index (Phi) is 6.60. The molecule has 1 aliphatic rings. The van der Waals surface area contributed by atoms with E-state index in [0.29, 0.717) is 17.8 Å². The van der Waals surface area contributed by atoms with Crippen LogP contribution in [0.4, 0.5) is 5.69 Å². The predicted molar refractivity (Wildman–Crippen MR) is 128 cm³/mol. The molecule has 0 bridgehead atoms. The molecule has 0 spiro atoms. The molecule has 176 valence electrons. The quantitative estimate of drug-likeness (QED) is 0.538. The molecular weight excluding hydrogens is 454 g/mol. The lowest BCUT2D eigenvalue weighted by molar-refractivity contribution is -0.133. The summed E-state index contributed by atoms with van der Waals surface area (Å²) in [4.78, 5) is 25.1. The molecule has 1 aromatic heterocycles. The van der Waals surface area contributed by atoms with E-state index in [1.165, 1.54) is 17.5 Å². The number of carbonyl (C=O) groups is 2. The van der Waals surface area contributed by atoms with E-state index in [2.05, 4.69) is 20.6 Å². The van der Waals surface area contributed by atoms with Crippen molar-refractivity contribution in [3.8, 4) is 0 Å². The summed E-state index contributed by atoms with van der Waals surface area (Å²) >= 11 is 0. The maximum absolute atomic E-state index is 12.7. The van der Waals surface area contributed by atoms with Crippen LogP contribution in [0.5, 0.6) is 0 Å². The van der Waals surface area contributed by atoms with Gasteiger partial charge in [-0.2, -0.15) is 10.2 Å². The second-order valence-corrected chi connectivity index (χ2v) is 10.2. The van der Waals surface area contributed by atoms with Gasteiger partial charge in [0.25, 0.3) is 5.91 Å². The van der Waals surface area contributed by atoms with Gasteiger partial charge >= 0.3 is 0 Å². The lowest BCUT2D eigenvalue weighted by Gasteiger charge is -2.29. The van der Waals surface area contributed by atoms with Crippen LogP contribution >= 0.6 is 0 Å². The first-order valence-corrected chi connectivity index (χ1v) is 12.7. The van der Waals surface area contributed by atoms with Crippen LogP contribution in [0.25, 0.3) is 0 Å². The molecular formula is C24H25N5O4S. The highest BCUT2D eigenvalue weighted by atomic mass is 32.2. The molecule has 0 aliphatic carbocycles. The van der Waals surface area contributed by atoms with Gasteiger partial charge in [-0.1, -0.05) is 31.2 Å². The van der Waals surface area contributed by atoms with Gasteiger partial charge in [0.1, 0.15) is 5.69 Å². The van der Waals surface area contributed by atoms with E-state index in [1.807, 2.05) is 19.1 Å². The topological polar surface area (TPSA) is 125 Å². The van der Waals surface area contributed by atoms with Gasteiger partial charge in [-0.15, -0.1) is 0 Å². The largest absolute Gasteiger partial charge is 0.321 e. The zero-order valence-electron chi connectivity index (χ0n) is 18.9. The number of aromatic nitrogens is 2. The monoisotopic (exact) mass is 479 g/mol. The van der Waals surface area contributed by atoms with E-state index in [-0.39, 0.29) is 29.2 Å². The molecule has 1 unspecified atom stereocenters. The van der Waals surface area contributed by atoms with Gasteiger partial charge in [-0.05, 0) is 47.9 Å². The molecule has 2 heterocycles. The predicted octanol–water partition coefficient (Wildman–Crippen LogP) is 3.23. The molecule has 2 aromatic carbocycles. The minimum Gasteiger partial charge on any atom is -0.321 e. The van der Waals surface area contributed by atoms with Crippen LogP contribution in [0.2, 0.25) is 0 Å². The van der Waals surface area contributed by atoms with E-state index >= 15 is 0 Å². The number of benzene rings is 2. The number of amides is 2. The number of sulfone groups is 1. The van der Waals surface area contributed by atoms with Crippen LogP contribution in [-0.2, 0) is 21.2 Å². The van der Waals surface area contributed by atoms with Crippen molar-refractivity contribution in [3.05, 3.63) is 77.6 Å². The van der Waals surface area contributed by atoms with Gasteiger partial charge in [0.05, 0.1) is 17.2 Å². The Labute approximate surface area is 197 Å². The number of H-pyrrole nitrogens is 1. The first kappa shape index (κ1) is 23.4. The Bertz CT molecular complexity index is 1310. The number of nitrogens with one attached hydrogen (secondary N) is 2. The Hall–Kier alpha value is -3.79. The molecule has 2 N–H and O–H groups in total. The van der Waals surface area contributed by atoms with Gasteiger partial charge in [0, 0.05) is 30.5 Å². The van der Waals surface area contributed by atoms with Gasteiger partial charge in [-0.3, -0.25) is 14.7 Å².